The fraction of sp³-hybridized carbons (Fsp3) is 0.556. The average molecular weight is 539 g/mol. The van der Waals surface area contributed by atoms with E-state index in [-0.39, 0.29) is 0 Å². The summed E-state index contributed by atoms with van der Waals surface area (Å²) in [6, 6.07) is 14.5. The van der Waals surface area contributed by atoms with Crippen LogP contribution in [-0.2, 0) is 16.3 Å². The monoisotopic (exact) mass is 538 g/mol. The van der Waals surface area contributed by atoms with E-state index in [1.54, 1.807) is 24.3 Å². The van der Waals surface area contributed by atoms with Crippen molar-refractivity contribution >= 4 is 23.8 Å². The van der Waals surface area contributed by atoms with E-state index in [9.17, 15) is 9.46 Å². The van der Waals surface area contributed by atoms with Crippen molar-refractivity contribution in [2.24, 2.45) is 0 Å². The Morgan fingerprint density at radius 3 is 1.70 bits per heavy atom. The van der Waals surface area contributed by atoms with Crippen molar-refractivity contribution in [3.63, 3.8) is 0 Å². The van der Waals surface area contributed by atoms with Gasteiger partial charge in [0.1, 0.15) is 11.5 Å². The maximum atomic E-state index is 12.4. The van der Waals surface area contributed by atoms with Gasteiger partial charge in [-0.05, 0) is 48.2 Å². The van der Waals surface area contributed by atoms with Crippen LogP contribution < -0.4 is 9.05 Å². The Morgan fingerprint density at radius 1 is 0.727 bits per heavy atom. The normalized spacial score (nSPS) is 12.9. The largest absolute Gasteiger partial charge is 0.584 e. The van der Waals surface area contributed by atoms with E-state index in [1.807, 2.05) is 24.3 Å². The maximum Gasteiger partial charge on any atom is 0.584 e. The van der Waals surface area contributed by atoms with E-state index in [1.165, 1.54) is 70.6 Å². The molecule has 1 atom stereocenters. The van der Waals surface area contributed by atoms with Crippen molar-refractivity contribution in [1.29, 1.82) is 0 Å². The van der Waals surface area contributed by atoms with E-state index in [2.05, 4.69) is 22.9 Å². The van der Waals surface area contributed by atoms with Crippen molar-refractivity contribution in [3.05, 3.63) is 59.7 Å². The van der Waals surface area contributed by atoms with Crippen LogP contribution >= 0.6 is 23.8 Å². The SMILES string of the molecule is CCCCCCCCCCCCCCc1cccc(OP(=O)(O)Oc2cccc(CBr)c2)c1. The summed E-state index contributed by atoms with van der Waals surface area (Å²) < 4.78 is 23.0. The molecule has 0 heterocycles. The van der Waals surface area contributed by atoms with E-state index < -0.39 is 7.82 Å². The smallest absolute Gasteiger partial charge is 0.395 e. The molecule has 0 saturated carbocycles. The minimum Gasteiger partial charge on any atom is -0.395 e. The molecule has 0 fully saturated rings. The van der Waals surface area contributed by atoms with Gasteiger partial charge in [0.25, 0.3) is 0 Å². The van der Waals surface area contributed by atoms with Crippen LogP contribution in [0.25, 0.3) is 0 Å². The lowest BCUT2D eigenvalue weighted by molar-refractivity contribution is 0.291. The van der Waals surface area contributed by atoms with Gasteiger partial charge in [-0.2, -0.15) is 0 Å². The molecule has 0 saturated heterocycles. The average Bonchev–Trinajstić information content (AvgIpc) is 2.79. The first-order valence-electron chi connectivity index (χ1n) is 12.5. The van der Waals surface area contributed by atoms with Crippen LogP contribution in [0.15, 0.2) is 48.5 Å². The van der Waals surface area contributed by atoms with Gasteiger partial charge in [-0.15, -0.1) is 0 Å². The number of benzene rings is 2. The number of phosphoric acid groups is 1. The summed E-state index contributed by atoms with van der Waals surface area (Å²) in [6.07, 6.45) is 16.9. The van der Waals surface area contributed by atoms with Crippen LogP contribution in [0.3, 0.4) is 0 Å². The van der Waals surface area contributed by atoms with E-state index in [0.717, 1.165) is 24.0 Å². The van der Waals surface area contributed by atoms with Gasteiger partial charge in [0.2, 0.25) is 0 Å². The topological polar surface area (TPSA) is 55.8 Å². The van der Waals surface area contributed by atoms with Crippen LogP contribution in [0.4, 0.5) is 0 Å². The summed E-state index contributed by atoms with van der Waals surface area (Å²) in [5.41, 5.74) is 2.07. The van der Waals surface area contributed by atoms with Crippen molar-refractivity contribution in [2.45, 2.75) is 95.7 Å². The molecular formula is C27H40BrO4P. The van der Waals surface area contributed by atoms with Crippen LogP contribution in [0, 0.1) is 0 Å². The number of alkyl halides is 1. The van der Waals surface area contributed by atoms with Gasteiger partial charge in [0.15, 0.2) is 0 Å². The molecule has 0 aliphatic heterocycles. The fourth-order valence-corrected chi connectivity index (χ4v) is 5.04. The summed E-state index contributed by atoms with van der Waals surface area (Å²) >= 11 is 3.37. The fourth-order valence-electron chi connectivity index (χ4n) is 3.90. The van der Waals surface area contributed by atoms with Crippen molar-refractivity contribution in [3.8, 4) is 11.5 Å². The van der Waals surface area contributed by atoms with E-state index in [0.29, 0.717) is 16.8 Å². The summed E-state index contributed by atoms with van der Waals surface area (Å²) in [5.74, 6) is 0.666. The second kappa shape index (κ2) is 16.4. The number of unbranched alkanes of at least 4 members (excludes halogenated alkanes) is 11. The Labute approximate surface area is 208 Å². The van der Waals surface area contributed by atoms with Gasteiger partial charge in [-0.25, -0.2) is 4.57 Å². The van der Waals surface area contributed by atoms with Crippen LogP contribution in [0.5, 0.6) is 11.5 Å². The Hall–Kier alpha value is -1.29. The third-order valence-electron chi connectivity index (χ3n) is 5.71. The minimum atomic E-state index is -4.26. The van der Waals surface area contributed by atoms with Crippen molar-refractivity contribution in [2.75, 3.05) is 0 Å². The van der Waals surface area contributed by atoms with E-state index in [4.69, 9.17) is 9.05 Å². The zero-order valence-electron chi connectivity index (χ0n) is 20.0. The van der Waals surface area contributed by atoms with Crippen LogP contribution in [-0.4, -0.2) is 4.89 Å². The van der Waals surface area contributed by atoms with Crippen molar-refractivity contribution < 1.29 is 18.5 Å². The number of halogens is 1. The molecule has 0 aliphatic carbocycles. The molecular weight excluding hydrogens is 499 g/mol. The zero-order chi connectivity index (χ0) is 23.8. The lowest BCUT2D eigenvalue weighted by Gasteiger charge is -2.15. The van der Waals surface area contributed by atoms with Gasteiger partial charge >= 0.3 is 7.82 Å². The third kappa shape index (κ3) is 12.7. The molecule has 0 aromatic heterocycles. The molecule has 33 heavy (non-hydrogen) atoms. The molecule has 0 aliphatic rings. The second-order valence-electron chi connectivity index (χ2n) is 8.72. The molecule has 2 aromatic rings. The number of rotatable bonds is 18. The molecule has 2 aromatic carbocycles. The molecule has 184 valence electrons. The van der Waals surface area contributed by atoms with Crippen LogP contribution in [0.2, 0.25) is 0 Å². The highest BCUT2D eigenvalue weighted by Crippen LogP contribution is 2.44. The summed E-state index contributed by atoms with van der Waals surface area (Å²) in [4.78, 5) is 10.2. The van der Waals surface area contributed by atoms with Gasteiger partial charge in [0, 0.05) is 5.33 Å². The molecule has 0 spiro atoms. The molecule has 1 unspecified atom stereocenters. The first-order chi connectivity index (χ1) is 16.0. The van der Waals surface area contributed by atoms with Gasteiger partial charge < -0.3 is 9.05 Å². The van der Waals surface area contributed by atoms with Crippen molar-refractivity contribution in [1.82, 2.24) is 0 Å². The van der Waals surface area contributed by atoms with Crippen LogP contribution in [0.1, 0.15) is 95.1 Å². The third-order valence-corrected chi connectivity index (χ3v) is 7.24. The summed E-state index contributed by atoms with van der Waals surface area (Å²) in [7, 11) is -4.26. The first kappa shape index (κ1) is 28.0. The molecule has 0 radical (unpaired) electrons. The Morgan fingerprint density at radius 2 is 1.18 bits per heavy atom. The van der Waals surface area contributed by atoms with Gasteiger partial charge in [-0.3, -0.25) is 4.89 Å². The highest BCUT2D eigenvalue weighted by molar-refractivity contribution is 9.08. The van der Waals surface area contributed by atoms with E-state index >= 15 is 0 Å². The Balaban J connectivity index is 1.64. The highest BCUT2D eigenvalue weighted by Gasteiger charge is 2.25. The van der Waals surface area contributed by atoms with Gasteiger partial charge in [0.05, 0.1) is 0 Å². The maximum absolute atomic E-state index is 12.4. The van der Waals surface area contributed by atoms with Gasteiger partial charge in [-0.1, -0.05) is 118 Å². The minimum absolute atomic E-state index is 0.311. The summed E-state index contributed by atoms with van der Waals surface area (Å²) in [5, 5.41) is 0.641. The molecule has 6 heteroatoms. The zero-order valence-corrected chi connectivity index (χ0v) is 22.5. The lowest BCUT2D eigenvalue weighted by Crippen LogP contribution is -2.00. The predicted molar refractivity (Wildman–Crippen MR) is 141 cm³/mol. The molecule has 0 bridgehead atoms. The molecule has 2 rings (SSSR count). The number of hydrogen-bond acceptors (Lipinski definition) is 3. The quantitative estimate of drug-likeness (QED) is 0.116. The number of phosphoric ester groups is 1. The summed E-state index contributed by atoms with van der Waals surface area (Å²) in [6.45, 7) is 2.26. The molecule has 4 nitrogen and oxygen atoms in total. The number of hydrogen-bond donors (Lipinski definition) is 1. The standard InChI is InChI=1S/C27H40BrO4P/c1-2-3-4-5-6-7-8-9-10-11-12-13-16-24-17-14-19-26(21-24)31-33(29,30)32-27-20-15-18-25(22-27)23-28/h14-15,17-22H,2-13,16,23H2,1H3,(H,29,30). The molecule has 0 amide bonds. The first-order valence-corrected chi connectivity index (χ1v) is 15.1. The highest BCUT2D eigenvalue weighted by atomic mass is 79.9. The Kier molecular flexibility index (Phi) is 13.9. The predicted octanol–water partition coefficient (Wildman–Crippen LogP) is 9.38. The Bertz CT molecular complexity index is 842. The lowest BCUT2D eigenvalue weighted by atomic mass is 10.0. The second-order valence-corrected chi connectivity index (χ2v) is 10.6. The molecule has 1 N–H and O–H groups in total. The number of aryl methyl sites for hydroxylation is 1.